The number of ether oxygens (including phenoxy) is 2. The van der Waals surface area contributed by atoms with Gasteiger partial charge in [0, 0.05) is 20.6 Å². The van der Waals surface area contributed by atoms with Crippen LogP contribution in [0.25, 0.3) is 0 Å². The molecule has 0 aromatic heterocycles. The number of nitrogens with one attached hydrogen (secondary N) is 1. The number of amides is 2. The molecule has 0 aliphatic carbocycles. The van der Waals surface area contributed by atoms with Crippen LogP contribution in [-0.2, 0) is 14.3 Å². The van der Waals surface area contributed by atoms with Crippen molar-refractivity contribution in [1.29, 1.82) is 0 Å². The maximum absolute atomic E-state index is 11.9. The fourth-order valence-electron chi connectivity index (χ4n) is 1.82. The van der Waals surface area contributed by atoms with Crippen molar-refractivity contribution in [2.24, 2.45) is 0 Å². The highest BCUT2D eigenvalue weighted by molar-refractivity contribution is 5.98. The summed E-state index contributed by atoms with van der Waals surface area (Å²) in [7, 11) is 1.56. The SMILES string of the molecule is CCOc1ccccc1N(CC(=O)NCCOC)C(C)=O. The molecule has 0 fully saturated rings. The highest BCUT2D eigenvalue weighted by Gasteiger charge is 2.19. The molecule has 0 spiro atoms. The minimum Gasteiger partial charge on any atom is -0.492 e. The van der Waals surface area contributed by atoms with E-state index < -0.39 is 0 Å². The van der Waals surface area contributed by atoms with Crippen molar-refractivity contribution in [3.63, 3.8) is 0 Å². The second-order valence-corrected chi connectivity index (χ2v) is 4.35. The van der Waals surface area contributed by atoms with Gasteiger partial charge >= 0.3 is 0 Å². The molecule has 0 aliphatic rings. The highest BCUT2D eigenvalue weighted by atomic mass is 16.5. The average molecular weight is 294 g/mol. The Morgan fingerprint density at radius 1 is 1.29 bits per heavy atom. The van der Waals surface area contributed by atoms with Crippen molar-refractivity contribution in [3.05, 3.63) is 24.3 Å². The Kier molecular flexibility index (Phi) is 7.25. The standard InChI is InChI=1S/C15H22N2O4/c1-4-21-14-8-6-5-7-13(14)17(12(2)18)11-15(19)16-9-10-20-3/h5-8H,4,9-11H2,1-3H3,(H,16,19). The van der Waals surface area contributed by atoms with Gasteiger partial charge in [0.1, 0.15) is 12.3 Å². The maximum Gasteiger partial charge on any atom is 0.240 e. The summed E-state index contributed by atoms with van der Waals surface area (Å²) in [6.45, 7) is 4.57. The lowest BCUT2D eigenvalue weighted by Gasteiger charge is -2.23. The largest absolute Gasteiger partial charge is 0.492 e. The lowest BCUT2D eigenvalue weighted by molar-refractivity contribution is -0.123. The molecule has 0 radical (unpaired) electrons. The number of nitrogens with zero attached hydrogens (tertiary/aromatic N) is 1. The molecule has 116 valence electrons. The zero-order valence-corrected chi connectivity index (χ0v) is 12.7. The molecule has 1 aromatic carbocycles. The van der Waals surface area contributed by atoms with Crippen LogP contribution < -0.4 is 15.0 Å². The van der Waals surface area contributed by atoms with Crippen LogP contribution in [0, 0.1) is 0 Å². The summed E-state index contributed by atoms with van der Waals surface area (Å²) in [6.07, 6.45) is 0. The molecule has 0 saturated carbocycles. The fourth-order valence-corrected chi connectivity index (χ4v) is 1.82. The third kappa shape index (κ3) is 5.43. The van der Waals surface area contributed by atoms with E-state index in [0.717, 1.165) is 0 Å². The van der Waals surface area contributed by atoms with Gasteiger partial charge in [0.25, 0.3) is 0 Å². The predicted octanol–water partition coefficient (Wildman–Crippen LogP) is 1.20. The van der Waals surface area contributed by atoms with Gasteiger partial charge in [-0.2, -0.15) is 0 Å². The van der Waals surface area contributed by atoms with Crippen molar-refractivity contribution >= 4 is 17.5 Å². The number of methoxy groups -OCH3 is 1. The van der Waals surface area contributed by atoms with Gasteiger partial charge in [-0.1, -0.05) is 12.1 Å². The summed E-state index contributed by atoms with van der Waals surface area (Å²) in [6, 6.07) is 7.16. The van der Waals surface area contributed by atoms with Crippen molar-refractivity contribution in [2.75, 3.05) is 38.3 Å². The second-order valence-electron chi connectivity index (χ2n) is 4.35. The van der Waals surface area contributed by atoms with Gasteiger partial charge in [-0.3, -0.25) is 14.5 Å². The Hall–Kier alpha value is -2.08. The van der Waals surface area contributed by atoms with E-state index in [0.29, 0.717) is 31.2 Å². The van der Waals surface area contributed by atoms with Gasteiger partial charge in [-0.15, -0.1) is 0 Å². The normalized spacial score (nSPS) is 10.0. The molecule has 0 saturated heterocycles. The molecule has 6 nitrogen and oxygen atoms in total. The molecule has 21 heavy (non-hydrogen) atoms. The van der Waals surface area contributed by atoms with E-state index in [1.54, 1.807) is 25.3 Å². The minimum absolute atomic E-state index is 0.0524. The molecular formula is C15H22N2O4. The summed E-state index contributed by atoms with van der Waals surface area (Å²) in [5, 5.41) is 2.69. The van der Waals surface area contributed by atoms with E-state index in [-0.39, 0.29) is 18.4 Å². The van der Waals surface area contributed by atoms with E-state index in [4.69, 9.17) is 9.47 Å². The van der Waals surface area contributed by atoms with E-state index >= 15 is 0 Å². The smallest absolute Gasteiger partial charge is 0.240 e. The van der Waals surface area contributed by atoms with Crippen LogP contribution in [0.15, 0.2) is 24.3 Å². The van der Waals surface area contributed by atoms with Crippen LogP contribution in [0.4, 0.5) is 5.69 Å². The molecule has 2 amide bonds. The van der Waals surface area contributed by atoms with Crippen LogP contribution in [0.3, 0.4) is 0 Å². The molecule has 1 aromatic rings. The van der Waals surface area contributed by atoms with Crippen molar-refractivity contribution < 1.29 is 19.1 Å². The first-order valence-electron chi connectivity index (χ1n) is 6.85. The summed E-state index contributed by atoms with van der Waals surface area (Å²) in [4.78, 5) is 25.1. The lowest BCUT2D eigenvalue weighted by Crippen LogP contribution is -2.40. The monoisotopic (exact) mass is 294 g/mol. The van der Waals surface area contributed by atoms with Crippen LogP contribution >= 0.6 is 0 Å². The van der Waals surface area contributed by atoms with Gasteiger partial charge in [0.05, 0.1) is 18.9 Å². The van der Waals surface area contributed by atoms with Crippen molar-refractivity contribution in [2.45, 2.75) is 13.8 Å². The van der Waals surface area contributed by atoms with Crippen LogP contribution in [0.5, 0.6) is 5.75 Å². The molecule has 1 N–H and O–H groups in total. The number of hydrogen-bond acceptors (Lipinski definition) is 4. The summed E-state index contributed by atoms with van der Waals surface area (Å²) < 4.78 is 10.4. The summed E-state index contributed by atoms with van der Waals surface area (Å²) in [5.74, 6) is 0.123. The number of rotatable bonds is 8. The van der Waals surface area contributed by atoms with Gasteiger partial charge < -0.3 is 14.8 Å². The number of anilines is 1. The fraction of sp³-hybridized carbons (Fsp3) is 0.467. The van der Waals surface area contributed by atoms with Gasteiger partial charge in [0.2, 0.25) is 11.8 Å². The van der Waals surface area contributed by atoms with Crippen molar-refractivity contribution in [1.82, 2.24) is 5.32 Å². The Morgan fingerprint density at radius 3 is 2.62 bits per heavy atom. The summed E-state index contributed by atoms with van der Waals surface area (Å²) >= 11 is 0. The molecule has 0 atom stereocenters. The van der Waals surface area contributed by atoms with Gasteiger partial charge in [-0.25, -0.2) is 0 Å². The first kappa shape index (κ1) is 17.0. The van der Waals surface area contributed by atoms with Gasteiger partial charge in [0.15, 0.2) is 0 Å². The third-order valence-corrected chi connectivity index (χ3v) is 2.77. The molecule has 6 heteroatoms. The lowest BCUT2D eigenvalue weighted by atomic mass is 10.2. The van der Waals surface area contributed by atoms with Gasteiger partial charge in [-0.05, 0) is 19.1 Å². The Bertz CT molecular complexity index is 476. The Labute approximate surface area is 125 Å². The highest BCUT2D eigenvalue weighted by Crippen LogP contribution is 2.27. The van der Waals surface area contributed by atoms with E-state index in [1.807, 2.05) is 13.0 Å². The third-order valence-electron chi connectivity index (χ3n) is 2.77. The summed E-state index contributed by atoms with van der Waals surface area (Å²) in [5.41, 5.74) is 0.591. The molecule has 0 unspecified atom stereocenters. The average Bonchev–Trinajstić information content (AvgIpc) is 2.46. The van der Waals surface area contributed by atoms with Crippen LogP contribution in [0.1, 0.15) is 13.8 Å². The zero-order chi connectivity index (χ0) is 15.7. The molecule has 1 rings (SSSR count). The zero-order valence-electron chi connectivity index (χ0n) is 12.7. The molecular weight excluding hydrogens is 272 g/mol. The quantitative estimate of drug-likeness (QED) is 0.732. The number of para-hydroxylation sites is 2. The van der Waals surface area contributed by atoms with E-state index in [2.05, 4.69) is 5.32 Å². The molecule has 0 aliphatic heterocycles. The number of benzene rings is 1. The molecule has 0 bridgehead atoms. The van der Waals surface area contributed by atoms with Crippen LogP contribution in [-0.4, -0.2) is 45.2 Å². The van der Waals surface area contributed by atoms with E-state index in [1.165, 1.54) is 11.8 Å². The first-order valence-corrected chi connectivity index (χ1v) is 6.85. The predicted molar refractivity (Wildman–Crippen MR) is 80.5 cm³/mol. The Balaban J connectivity index is 2.82. The number of carbonyl (C=O) groups excluding carboxylic acids is 2. The first-order chi connectivity index (χ1) is 10.1. The second kappa shape index (κ2) is 8.97. The number of carbonyl (C=O) groups is 2. The number of hydrogen-bond donors (Lipinski definition) is 1. The minimum atomic E-state index is -0.242. The van der Waals surface area contributed by atoms with Crippen LogP contribution in [0.2, 0.25) is 0 Å². The molecule has 0 heterocycles. The topological polar surface area (TPSA) is 67.9 Å². The Morgan fingerprint density at radius 2 is 2.00 bits per heavy atom. The maximum atomic E-state index is 11.9. The van der Waals surface area contributed by atoms with Crippen molar-refractivity contribution in [3.8, 4) is 5.75 Å². The van der Waals surface area contributed by atoms with E-state index in [9.17, 15) is 9.59 Å².